The number of benzene rings is 1. The second kappa shape index (κ2) is 5.27. The Bertz CT molecular complexity index is 610. The number of carboxylic acid groups (broad SMARTS) is 1. The first-order valence-electron chi connectivity index (χ1n) is 4.57. The van der Waals surface area contributed by atoms with E-state index in [1.807, 2.05) is 0 Å². The van der Waals surface area contributed by atoms with Gasteiger partial charge in [0.05, 0.1) is 25.7 Å². The van der Waals surface area contributed by atoms with E-state index in [-0.39, 0.29) is 25.7 Å². The molecule has 0 radical (unpaired) electrons. The number of aromatic carboxylic acids is 1. The summed E-state index contributed by atoms with van der Waals surface area (Å²) in [6.45, 7) is 0. The Morgan fingerprint density at radius 2 is 1.61 bits per heavy atom. The largest absolute Gasteiger partial charge is 0.478 e. The van der Waals surface area contributed by atoms with Crippen LogP contribution in [0.5, 0.6) is 0 Å². The van der Waals surface area contributed by atoms with E-state index in [0.29, 0.717) is 10.4 Å². The third-order valence-electron chi connectivity index (χ3n) is 2.20. The fourth-order valence-corrected chi connectivity index (χ4v) is 3.43. The SMILES string of the molecule is O=C(O)c1csc(-c2c(Cl)c(Cl)cc(Cl)c2Cl)c1. The molecule has 0 bridgehead atoms. The topological polar surface area (TPSA) is 37.3 Å². The quantitative estimate of drug-likeness (QED) is 0.708. The number of hydrogen-bond donors (Lipinski definition) is 1. The van der Waals surface area contributed by atoms with Crippen LogP contribution in [0.2, 0.25) is 20.1 Å². The first-order valence-corrected chi connectivity index (χ1v) is 6.96. The Kier molecular flexibility index (Phi) is 4.09. The summed E-state index contributed by atoms with van der Waals surface area (Å²) >= 11 is 25.2. The Labute approximate surface area is 127 Å². The summed E-state index contributed by atoms with van der Waals surface area (Å²) in [5.41, 5.74) is 0.617. The van der Waals surface area contributed by atoms with Crippen molar-refractivity contribution in [2.45, 2.75) is 0 Å². The minimum absolute atomic E-state index is 0.165. The lowest BCUT2D eigenvalue weighted by Gasteiger charge is -2.08. The average molecular weight is 342 g/mol. The predicted octanol–water partition coefficient (Wildman–Crippen LogP) is 5.73. The van der Waals surface area contributed by atoms with Crippen molar-refractivity contribution in [1.82, 2.24) is 0 Å². The standard InChI is InChI=1S/C11H4Cl4O2S/c12-5-2-6(13)10(15)8(9(5)14)7-1-4(3-18-7)11(16)17/h1-3H,(H,16,17). The lowest BCUT2D eigenvalue weighted by atomic mass is 10.1. The minimum Gasteiger partial charge on any atom is -0.478 e. The number of carbonyl (C=O) groups is 1. The molecule has 0 amide bonds. The molecule has 1 N–H and O–H groups in total. The maximum Gasteiger partial charge on any atom is 0.336 e. The van der Waals surface area contributed by atoms with Crippen molar-refractivity contribution in [3.8, 4) is 10.4 Å². The summed E-state index contributed by atoms with van der Waals surface area (Å²) < 4.78 is 0. The Morgan fingerprint density at radius 3 is 2.06 bits per heavy atom. The van der Waals surface area contributed by atoms with Crippen molar-refractivity contribution in [3.05, 3.63) is 43.2 Å². The Morgan fingerprint density at radius 1 is 1.06 bits per heavy atom. The van der Waals surface area contributed by atoms with E-state index in [0.717, 1.165) is 0 Å². The van der Waals surface area contributed by atoms with E-state index < -0.39 is 5.97 Å². The van der Waals surface area contributed by atoms with Crippen molar-refractivity contribution in [2.75, 3.05) is 0 Å². The van der Waals surface area contributed by atoms with Crippen LogP contribution in [0.25, 0.3) is 10.4 Å². The molecule has 1 aromatic heterocycles. The minimum atomic E-state index is -1.02. The molecule has 0 aliphatic rings. The van der Waals surface area contributed by atoms with Crippen molar-refractivity contribution < 1.29 is 9.90 Å². The second-order valence-electron chi connectivity index (χ2n) is 3.35. The molecule has 1 aromatic carbocycles. The van der Waals surface area contributed by atoms with E-state index in [1.165, 1.54) is 28.8 Å². The zero-order valence-electron chi connectivity index (χ0n) is 8.51. The van der Waals surface area contributed by atoms with Gasteiger partial charge in [0.25, 0.3) is 0 Å². The van der Waals surface area contributed by atoms with Crippen LogP contribution in [0.15, 0.2) is 17.5 Å². The molecular weight excluding hydrogens is 338 g/mol. The van der Waals surface area contributed by atoms with E-state index in [2.05, 4.69) is 0 Å². The van der Waals surface area contributed by atoms with Gasteiger partial charge in [-0.3, -0.25) is 0 Å². The molecule has 18 heavy (non-hydrogen) atoms. The van der Waals surface area contributed by atoms with Gasteiger partial charge in [-0.25, -0.2) is 4.79 Å². The van der Waals surface area contributed by atoms with Crippen LogP contribution in [-0.2, 0) is 0 Å². The molecule has 0 aliphatic carbocycles. The summed E-state index contributed by atoms with van der Waals surface area (Å²) in [5.74, 6) is -1.02. The highest BCUT2D eigenvalue weighted by atomic mass is 35.5. The smallest absolute Gasteiger partial charge is 0.336 e. The predicted molar refractivity (Wildman–Crippen MR) is 76.8 cm³/mol. The number of hydrogen-bond acceptors (Lipinski definition) is 2. The van der Waals surface area contributed by atoms with Crippen LogP contribution in [0.1, 0.15) is 10.4 Å². The number of halogens is 4. The van der Waals surface area contributed by atoms with Gasteiger partial charge in [0.1, 0.15) is 0 Å². The summed E-state index contributed by atoms with van der Waals surface area (Å²) in [6.07, 6.45) is 0. The Hall–Kier alpha value is -0.450. The highest BCUT2D eigenvalue weighted by Crippen LogP contribution is 2.45. The molecule has 0 unspecified atom stereocenters. The van der Waals surface area contributed by atoms with Crippen molar-refractivity contribution in [2.24, 2.45) is 0 Å². The number of carboxylic acids is 1. The number of rotatable bonds is 2. The van der Waals surface area contributed by atoms with E-state index in [4.69, 9.17) is 51.5 Å². The summed E-state index contributed by atoms with van der Waals surface area (Å²) in [7, 11) is 0. The molecule has 2 nitrogen and oxygen atoms in total. The fraction of sp³-hybridized carbons (Fsp3) is 0. The van der Waals surface area contributed by atoms with Gasteiger partial charge in [0, 0.05) is 15.8 Å². The van der Waals surface area contributed by atoms with Gasteiger partial charge < -0.3 is 5.11 Å². The van der Waals surface area contributed by atoms with Crippen LogP contribution < -0.4 is 0 Å². The van der Waals surface area contributed by atoms with E-state index in [1.54, 1.807) is 0 Å². The zero-order chi connectivity index (χ0) is 13.4. The molecule has 1 heterocycles. The number of thiophene rings is 1. The molecule has 7 heteroatoms. The van der Waals surface area contributed by atoms with Gasteiger partial charge in [-0.05, 0) is 12.1 Å². The molecule has 0 aliphatic heterocycles. The first kappa shape index (κ1) is 14.0. The van der Waals surface area contributed by atoms with Gasteiger partial charge >= 0.3 is 5.97 Å². The van der Waals surface area contributed by atoms with E-state index >= 15 is 0 Å². The highest BCUT2D eigenvalue weighted by Gasteiger charge is 2.18. The van der Waals surface area contributed by atoms with Gasteiger partial charge in [-0.2, -0.15) is 0 Å². The molecule has 0 saturated heterocycles. The maximum atomic E-state index is 10.8. The highest BCUT2D eigenvalue weighted by molar-refractivity contribution is 7.14. The average Bonchev–Trinajstić information content (AvgIpc) is 2.76. The normalized spacial score (nSPS) is 10.7. The van der Waals surface area contributed by atoms with Gasteiger partial charge in [0.15, 0.2) is 0 Å². The zero-order valence-corrected chi connectivity index (χ0v) is 12.3. The fourth-order valence-electron chi connectivity index (χ4n) is 1.37. The third-order valence-corrected chi connectivity index (χ3v) is 4.73. The van der Waals surface area contributed by atoms with Gasteiger partial charge in [0.2, 0.25) is 0 Å². The Balaban J connectivity index is 2.66. The molecule has 2 aromatic rings. The van der Waals surface area contributed by atoms with Gasteiger partial charge in [-0.1, -0.05) is 46.4 Å². The summed E-state index contributed by atoms with van der Waals surface area (Å²) in [5, 5.41) is 11.4. The van der Waals surface area contributed by atoms with Crippen LogP contribution in [0, 0.1) is 0 Å². The molecule has 94 valence electrons. The van der Waals surface area contributed by atoms with E-state index in [9.17, 15) is 4.79 Å². The van der Waals surface area contributed by atoms with Crippen LogP contribution in [0.3, 0.4) is 0 Å². The first-order chi connectivity index (χ1) is 8.41. The van der Waals surface area contributed by atoms with Gasteiger partial charge in [-0.15, -0.1) is 11.3 Å². The van der Waals surface area contributed by atoms with Crippen molar-refractivity contribution >= 4 is 63.7 Å². The van der Waals surface area contributed by atoms with Crippen molar-refractivity contribution in [3.63, 3.8) is 0 Å². The summed E-state index contributed by atoms with van der Waals surface area (Å²) in [6, 6.07) is 2.93. The monoisotopic (exact) mass is 340 g/mol. The van der Waals surface area contributed by atoms with Crippen molar-refractivity contribution in [1.29, 1.82) is 0 Å². The lowest BCUT2D eigenvalue weighted by Crippen LogP contribution is -1.91. The summed E-state index contributed by atoms with van der Waals surface area (Å²) in [4.78, 5) is 11.4. The van der Waals surface area contributed by atoms with Crippen LogP contribution in [0.4, 0.5) is 0 Å². The van der Waals surface area contributed by atoms with Crippen LogP contribution in [-0.4, -0.2) is 11.1 Å². The lowest BCUT2D eigenvalue weighted by molar-refractivity contribution is 0.0697. The molecule has 0 atom stereocenters. The molecule has 2 rings (SSSR count). The maximum absolute atomic E-state index is 10.8. The molecule has 0 saturated carbocycles. The second-order valence-corrected chi connectivity index (χ2v) is 5.83. The molecule has 0 fully saturated rings. The van der Waals surface area contributed by atoms with Crippen LogP contribution >= 0.6 is 57.7 Å². The molecular formula is C11H4Cl4O2S. The third kappa shape index (κ3) is 2.46. The molecule has 0 spiro atoms.